The van der Waals surface area contributed by atoms with Gasteiger partial charge in [-0.2, -0.15) is 0 Å². The third-order valence-electron chi connectivity index (χ3n) is 3.28. The van der Waals surface area contributed by atoms with Crippen LogP contribution in [-0.4, -0.2) is 38.4 Å². The largest absolute Gasteiger partial charge is 0.376 e. The molecule has 0 saturated carbocycles. The van der Waals surface area contributed by atoms with Crippen LogP contribution >= 0.6 is 0 Å². The molecule has 0 spiro atoms. The quantitative estimate of drug-likeness (QED) is 0.665. The molecule has 1 saturated heterocycles. The van der Waals surface area contributed by atoms with Gasteiger partial charge in [0, 0.05) is 24.9 Å². The van der Waals surface area contributed by atoms with Crippen molar-refractivity contribution in [2.75, 3.05) is 19.3 Å². The topological polar surface area (TPSA) is 66.5 Å². The van der Waals surface area contributed by atoms with Crippen LogP contribution in [0.1, 0.15) is 29.6 Å². The molecule has 1 fully saturated rings. The molecule has 0 atom stereocenters. The predicted molar refractivity (Wildman–Crippen MR) is 82.3 cm³/mol. The van der Waals surface area contributed by atoms with Crippen molar-refractivity contribution in [3.8, 4) is 0 Å². The number of piperidine rings is 1. The Morgan fingerprint density at radius 1 is 1.14 bits per heavy atom. The van der Waals surface area contributed by atoms with E-state index in [9.17, 15) is 13.2 Å². The van der Waals surface area contributed by atoms with Crippen LogP contribution in [-0.2, 0) is 10.0 Å². The number of Topliss-reactive ketones (excluding diaryl/α,β-unsaturated/α-hetero) is 1. The monoisotopic (exact) mass is 308 g/mol. The molecular formula is C15H20N2O3S. The highest BCUT2D eigenvalue weighted by molar-refractivity contribution is 7.88. The van der Waals surface area contributed by atoms with Crippen molar-refractivity contribution < 1.29 is 13.2 Å². The van der Waals surface area contributed by atoms with Crippen molar-refractivity contribution in [2.24, 2.45) is 0 Å². The summed E-state index contributed by atoms with van der Waals surface area (Å²) in [5.41, 5.74) is 0.572. The van der Waals surface area contributed by atoms with Gasteiger partial charge in [0.2, 0.25) is 15.8 Å². The molecule has 1 aliphatic rings. The lowest BCUT2D eigenvalue weighted by Crippen LogP contribution is -2.31. The van der Waals surface area contributed by atoms with E-state index in [0.717, 1.165) is 32.2 Å². The minimum atomic E-state index is -3.49. The van der Waals surface area contributed by atoms with Crippen LogP contribution in [0, 0.1) is 0 Å². The number of hydrogen-bond acceptors (Lipinski definition) is 4. The van der Waals surface area contributed by atoms with E-state index in [1.165, 1.54) is 6.42 Å². The zero-order valence-electron chi connectivity index (χ0n) is 12.1. The van der Waals surface area contributed by atoms with Crippen LogP contribution < -0.4 is 4.72 Å². The van der Waals surface area contributed by atoms with Crippen molar-refractivity contribution in [3.05, 3.63) is 47.8 Å². The molecule has 1 aliphatic heterocycles. The van der Waals surface area contributed by atoms with Crippen LogP contribution in [0.4, 0.5) is 0 Å². The number of ketones is 1. The molecule has 114 valence electrons. The zero-order chi connectivity index (χ0) is 15.3. The maximum atomic E-state index is 12.5. The van der Waals surface area contributed by atoms with E-state index < -0.39 is 10.0 Å². The first kappa shape index (κ1) is 15.6. The van der Waals surface area contributed by atoms with Crippen LogP contribution in [0.5, 0.6) is 0 Å². The van der Waals surface area contributed by atoms with Crippen molar-refractivity contribution in [1.82, 2.24) is 9.62 Å². The Balaban J connectivity index is 2.27. The number of hydrogen-bond donors (Lipinski definition) is 1. The Morgan fingerprint density at radius 3 is 2.33 bits per heavy atom. The van der Waals surface area contributed by atoms with Crippen molar-refractivity contribution in [1.29, 1.82) is 0 Å². The molecule has 1 heterocycles. The number of allylic oxidation sites excluding steroid dienone is 1. The van der Waals surface area contributed by atoms with E-state index >= 15 is 0 Å². The van der Waals surface area contributed by atoms with Gasteiger partial charge in [0.25, 0.3) is 0 Å². The molecule has 1 aromatic carbocycles. The van der Waals surface area contributed by atoms with Gasteiger partial charge in [0.05, 0.1) is 6.26 Å². The first-order valence-corrected chi connectivity index (χ1v) is 8.88. The van der Waals surface area contributed by atoms with Crippen LogP contribution in [0.25, 0.3) is 0 Å². The molecular weight excluding hydrogens is 288 g/mol. The summed E-state index contributed by atoms with van der Waals surface area (Å²) in [4.78, 5) is 14.5. The van der Waals surface area contributed by atoms with Crippen molar-refractivity contribution >= 4 is 15.8 Å². The van der Waals surface area contributed by atoms with E-state index in [1.54, 1.807) is 30.5 Å². The van der Waals surface area contributed by atoms with Gasteiger partial charge in [0.1, 0.15) is 5.70 Å². The molecule has 2 rings (SSSR count). The van der Waals surface area contributed by atoms with E-state index in [2.05, 4.69) is 4.72 Å². The van der Waals surface area contributed by atoms with Crippen molar-refractivity contribution in [3.63, 3.8) is 0 Å². The van der Waals surface area contributed by atoms with Gasteiger partial charge >= 0.3 is 0 Å². The third kappa shape index (κ3) is 4.90. The number of nitrogens with one attached hydrogen (secondary N) is 1. The summed E-state index contributed by atoms with van der Waals surface area (Å²) in [6, 6.07) is 8.68. The van der Waals surface area contributed by atoms with Gasteiger partial charge in [-0.1, -0.05) is 30.3 Å². The summed E-state index contributed by atoms with van der Waals surface area (Å²) >= 11 is 0. The lowest BCUT2D eigenvalue weighted by Gasteiger charge is -2.26. The Bertz CT molecular complexity index is 618. The summed E-state index contributed by atoms with van der Waals surface area (Å²) in [5.74, 6) is -0.313. The molecule has 0 amide bonds. The highest BCUT2D eigenvalue weighted by Crippen LogP contribution is 2.13. The molecule has 0 aromatic heterocycles. The summed E-state index contributed by atoms with van der Waals surface area (Å²) in [5, 5.41) is 0. The summed E-state index contributed by atoms with van der Waals surface area (Å²) < 4.78 is 25.3. The molecule has 1 N–H and O–H groups in total. The van der Waals surface area contributed by atoms with Crippen molar-refractivity contribution in [2.45, 2.75) is 19.3 Å². The molecule has 1 aromatic rings. The van der Waals surface area contributed by atoms with Gasteiger partial charge in [-0.05, 0) is 19.3 Å². The maximum absolute atomic E-state index is 12.5. The fourth-order valence-electron chi connectivity index (χ4n) is 2.31. The number of carbonyl (C=O) groups excluding carboxylic acids is 1. The lowest BCUT2D eigenvalue weighted by atomic mass is 10.1. The summed E-state index contributed by atoms with van der Waals surface area (Å²) in [6.45, 7) is 1.69. The van der Waals surface area contributed by atoms with Crippen LogP contribution in [0.2, 0.25) is 0 Å². The molecule has 21 heavy (non-hydrogen) atoms. The van der Waals surface area contributed by atoms with Gasteiger partial charge in [0.15, 0.2) is 0 Å². The summed E-state index contributed by atoms with van der Waals surface area (Å²) in [6.07, 6.45) is 5.97. The molecule has 5 nitrogen and oxygen atoms in total. The number of carbonyl (C=O) groups is 1. The van der Waals surface area contributed by atoms with Gasteiger partial charge in [-0.3, -0.25) is 9.52 Å². The highest BCUT2D eigenvalue weighted by atomic mass is 32.2. The Labute approximate surface area is 125 Å². The number of benzene rings is 1. The van der Waals surface area contributed by atoms with E-state index in [4.69, 9.17) is 0 Å². The maximum Gasteiger partial charge on any atom is 0.229 e. The van der Waals surface area contributed by atoms with Crippen LogP contribution in [0.3, 0.4) is 0 Å². The van der Waals surface area contributed by atoms with E-state index in [1.807, 2.05) is 11.0 Å². The Hall–Kier alpha value is -1.82. The van der Waals surface area contributed by atoms with E-state index in [0.29, 0.717) is 5.56 Å². The van der Waals surface area contributed by atoms with Gasteiger partial charge < -0.3 is 4.90 Å². The normalized spacial score (nSPS) is 16.6. The number of sulfonamides is 1. The first-order valence-electron chi connectivity index (χ1n) is 6.99. The molecule has 0 radical (unpaired) electrons. The average Bonchev–Trinajstić information content (AvgIpc) is 2.46. The molecule has 0 aliphatic carbocycles. The standard InChI is InChI=1S/C15H20N2O3S/c1-21(19,20)16-14(12-17-10-6-3-7-11-17)15(18)13-8-4-2-5-9-13/h2,4-5,8-9,12,16H,3,6-7,10-11H2,1H3/b14-12-. The van der Waals surface area contributed by atoms with Gasteiger partial charge in [-0.15, -0.1) is 0 Å². The third-order valence-corrected chi connectivity index (χ3v) is 3.87. The fraction of sp³-hybridized carbons (Fsp3) is 0.400. The second-order valence-corrected chi connectivity index (χ2v) is 6.96. The number of nitrogens with zero attached hydrogens (tertiary/aromatic N) is 1. The molecule has 0 bridgehead atoms. The minimum absolute atomic E-state index is 0.102. The fourth-order valence-corrected chi connectivity index (χ4v) is 2.85. The predicted octanol–water partition coefficient (Wildman–Crippen LogP) is 1.75. The summed E-state index contributed by atoms with van der Waals surface area (Å²) in [7, 11) is -3.49. The number of rotatable bonds is 5. The second-order valence-electron chi connectivity index (χ2n) is 5.21. The minimum Gasteiger partial charge on any atom is -0.376 e. The Morgan fingerprint density at radius 2 is 1.76 bits per heavy atom. The molecule has 0 unspecified atom stereocenters. The lowest BCUT2D eigenvalue weighted by molar-refractivity contribution is 0.102. The average molecular weight is 308 g/mol. The second kappa shape index (κ2) is 6.76. The SMILES string of the molecule is CS(=O)(=O)N/C(=C\N1CCCCC1)C(=O)c1ccccc1. The van der Waals surface area contributed by atoms with Gasteiger partial charge in [-0.25, -0.2) is 8.42 Å². The highest BCUT2D eigenvalue weighted by Gasteiger charge is 2.18. The number of likely N-dealkylation sites (tertiary alicyclic amines) is 1. The smallest absolute Gasteiger partial charge is 0.229 e. The zero-order valence-corrected chi connectivity index (χ0v) is 12.9. The van der Waals surface area contributed by atoms with Crippen LogP contribution in [0.15, 0.2) is 42.2 Å². The van der Waals surface area contributed by atoms with E-state index in [-0.39, 0.29) is 11.5 Å². The molecule has 6 heteroatoms. The first-order chi connectivity index (χ1) is 9.96. The Kier molecular flexibility index (Phi) is 5.01.